The molecule has 4 rings (SSSR count). The maximum absolute atomic E-state index is 6.00. The molecule has 2 N–H and O–H groups in total. The lowest BCUT2D eigenvalue weighted by molar-refractivity contribution is -0.106. The summed E-state index contributed by atoms with van der Waals surface area (Å²) in [6.45, 7) is 10.3. The van der Waals surface area contributed by atoms with Gasteiger partial charge in [0.1, 0.15) is 11.3 Å². The van der Waals surface area contributed by atoms with Gasteiger partial charge in [-0.15, -0.1) is 0 Å². The highest BCUT2D eigenvalue weighted by molar-refractivity contribution is 5.81. The van der Waals surface area contributed by atoms with Gasteiger partial charge in [0.05, 0.1) is 12.1 Å². The van der Waals surface area contributed by atoms with E-state index in [2.05, 4.69) is 55.5 Å². The average molecular weight is 355 g/mol. The summed E-state index contributed by atoms with van der Waals surface area (Å²) in [5.74, 6) is 2.35. The Balaban J connectivity index is 1.47. The van der Waals surface area contributed by atoms with E-state index in [1.165, 1.54) is 0 Å². The Morgan fingerprint density at radius 3 is 2.92 bits per heavy atom. The molecule has 0 bridgehead atoms. The van der Waals surface area contributed by atoms with Crippen molar-refractivity contribution in [1.29, 1.82) is 0 Å². The van der Waals surface area contributed by atoms with E-state index in [1.54, 1.807) is 0 Å². The zero-order chi connectivity index (χ0) is 18.3. The molecule has 0 spiro atoms. The van der Waals surface area contributed by atoms with Gasteiger partial charge in [-0.2, -0.15) is 0 Å². The highest BCUT2D eigenvalue weighted by Crippen LogP contribution is 2.52. The molecule has 2 aliphatic rings. The lowest BCUT2D eigenvalue weighted by Crippen LogP contribution is -2.68. The summed E-state index contributed by atoms with van der Waals surface area (Å²) < 4.78 is 11.9. The fourth-order valence-electron chi connectivity index (χ4n) is 4.55. The minimum atomic E-state index is 0.0408. The molecule has 4 atom stereocenters. The molecule has 0 amide bonds. The van der Waals surface area contributed by atoms with Crippen molar-refractivity contribution in [3.63, 3.8) is 0 Å². The number of benzene rings is 1. The van der Waals surface area contributed by atoms with Gasteiger partial charge in [0.25, 0.3) is 0 Å². The van der Waals surface area contributed by atoms with Gasteiger partial charge in [0.2, 0.25) is 0 Å². The van der Waals surface area contributed by atoms with Crippen molar-refractivity contribution >= 4 is 16.9 Å². The van der Waals surface area contributed by atoms with Crippen molar-refractivity contribution in [1.82, 2.24) is 10.6 Å². The van der Waals surface area contributed by atoms with Gasteiger partial charge in [0.15, 0.2) is 5.96 Å². The molecule has 2 fully saturated rings. The van der Waals surface area contributed by atoms with Crippen molar-refractivity contribution in [2.75, 3.05) is 13.2 Å². The first-order valence-electron chi connectivity index (χ1n) is 9.68. The largest absolute Gasteiger partial charge is 0.459 e. The van der Waals surface area contributed by atoms with Crippen LogP contribution in [0.25, 0.3) is 11.0 Å². The molecule has 4 unspecified atom stereocenters. The van der Waals surface area contributed by atoms with Crippen LogP contribution < -0.4 is 10.6 Å². The van der Waals surface area contributed by atoms with Crippen LogP contribution in [0.3, 0.4) is 0 Å². The van der Waals surface area contributed by atoms with Gasteiger partial charge in [0, 0.05) is 35.9 Å². The minimum Gasteiger partial charge on any atom is -0.459 e. The summed E-state index contributed by atoms with van der Waals surface area (Å²) >= 11 is 0. The van der Waals surface area contributed by atoms with Gasteiger partial charge in [-0.05, 0) is 32.4 Å². The zero-order valence-electron chi connectivity index (χ0n) is 16.1. The molecule has 1 aromatic heterocycles. The molecule has 1 aliphatic carbocycles. The molecule has 1 saturated carbocycles. The van der Waals surface area contributed by atoms with Crippen LogP contribution >= 0.6 is 0 Å². The molecule has 0 radical (unpaired) electrons. The molecule has 2 aromatic rings. The Bertz CT molecular complexity index is 777. The minimum absolute atomic E-state index is 0.0408. The summed E-state index contributed by atoms with van der Waals surface area (Å²) in [4.78, 5) is 4.66. The number of nitrogens with zero attached hydrogens (tertiary/aromatic N) is 1. The molecule has 140 valence electrons. The first-order valence-corrected chi connectivity index (χ1v) is 9.68. The van der Waals surface area contributed by atoms with Crippen LogP contribution in [-0.4, -0.2) is 31.3 Å². The molecule has 5 heteroatoms. The summed E-state index contributed by atoms with van der Waals surface area (Å²) in [5.41, 5.74) is 1.05. The van der Waals surface area contributed by atoms with Gasteiger partial charge in [-0.3, -0.25) is 4.99 Å². The predicted octanol–water partition coefficient (Wildman–Crippen LogP) is 3.86. The molecular weight excluding hydrogens is 326 g/mol. The Kier molecular flexibility index (Phi) is 4.43. The number of hydrogen-bond acceptors (Lipinski definition) is 3. The Labute approximate surface area is 155 Å². The SMILES string of the molecule is CCN=C(NC(C)c1cc2ccccc2o1)NC1C2CCOC2C1(C)C. The first-order chi connectivity index (χ1) is 12.5. The third-order valence-corrected chi connectivity index (χ3v) is 5.93. The van der Waals surface area contributed by atoms with Gasteiger partial charge in [-0.25, -0.2) is 0 Å². The Morgan fingerprint density at radius 1 is 1.35 bits per heavy atom. The van der Waals surface area contributed by atoms with Crippen LogP contribution in [-0.2, 0) is 4.74 Å². The number of guanidine groups is 1. The number of hydrogen-bond donors (Lipinski definition) is 2. The zero-order valence-corrected chi connectivity index (χ0v) is 16.1. The Morgan fingerprint density at radius 2 is 2.15 bits per heavy atom. The second-order valence-corrected chi connectivity index (χ2v) is 8.06. The number of para-hydroxylation sites is 1. The summed E-state index contributed by atoms with van der Waals surface area (Å²) in [6.07, 6.45) is 1.50. The van der Waals surface area contributed by atoms with E-state index in [4.69, 9.17) is 9.15 Å². The molecule has 1 saturated heterocycles. The fraction of sp³-hybridized carbons (Fsp3) is 0.571. The number of ether oxygens (including phenoxy) is 1. The second kappa shape index (κ2) is 6.62. The second-order valence-electron chi connectivity index (χ2n) is 8.06. The Hall–Kier alpha value is -2.01. The van der Waals surface area contributed by atoms with Crippen LogP contribution in [0.4, 0.5) is 0 Å². The van der Waals surface area contributed by atoms with Crippen molar-refractivity contribution in [2.24, 2.45) is 16.3 Å². The number of aliphatic imine (C=N–C) groups is 1. The van der Waals surface area contributed by atoms with E-state index in [9.17, 15) is 0 Å². The van der Waals surface area contributed by atoms with Crippen molar-refractivity contribution in [2.45, 2.75) is 52.3 Å². The van der Waals surface area contributed by atoms with E-state index < -0.39 is 0 Å². The highest BCUT2D eigenvalue weighted by Gasteiger charge is 2.59. The topological polar surface area (TPSA) is 58.8 Å². The van der Waals surface area contributed by atoms with E-state index in [0.29, 0.717) is 18.1 Å². The molecule has 2 heterocycles. The van der Waals surface area contributed by atoms with Gasteiger partial charge in [-0.1, -0.05) is 32.0 Å². The average Bonchev–Trinajstić information content (AvgIpc) is 3.25. The van der Waals surface area contributed by atoms with E-state index in [0.717, 1.165) is 42.3 Å². The molecule has 1 aliphatic heterocycles. The number of nitrogens with one attached hydrogen (secondary N) is 2. The third kappa shape index (κ3) is 2.88. The van der Waals surface area contributed by atoms with Gasteiger partial charge >= 0.3 is 0 Å². The van der Waals surface area contributed by atoms with Crippen LogP contribution in [0.2, 0.25) is 0 Å². The quantitative estimate of drug-likeness (QED) is 0.646. The lowest BCUT2D eigenvalue weighted by Gasteiger charge is -2.55. The molecule has 1 aromatic carbocycles. The van der Waals surface area contributed by atoms with Crippen molar-refractivity contribution in [3.8, 4) is 0 Å². The van der Waals surface area contributed by atoms with Crippen molar-refractivity contribution in [3.05, 3.63) is 36.1 Å². The normalized spacial score (nSPS) is 28.5. The van der Waals surface area contributed by atoms with Gasteiger partial charge < -0.3 is 19.8 Å². The smallest absolute Gasteiger partial charge is 0.192 e. The van der Waals surface area contributed by atoms with E-state index in [1.807, 2.05) is 18.2 Å². The van der Waals surface area contributed by atoms with Crippen LogP contribution in [0.15, 0.2) is 39.7 Å². The highest BCUT2D eigenvalue weighted by atomic mass is 16.5. The van der Waals surface area contributed by atoms with Crippen molar-refractivity contribution < 1.29 is 9.15 Å². The standard InChI is InChI=1S/C21H29N3O2/c1-5-22-20(24-18-15-10-11-25-19(15)21(18,3)4)23-13(2)17-12-14-8-6-7-9-16(14)26-17/h6-9,12-13,15,18-19H,5,10-11H2,1-4H3,(H2,22,23,24). The summed E-state index contributed by atoms with van der Waals surface area (Å²) in [6, 6.07) is 10.6. The lowest BCUT2D eigenvalue weighted by atomic mass is 9.57. The maximum Gasteiger partial charge on any atom is 0.192 e. The van der Waals surface area contributed by atoms with E-state index >= 15 is 0 Å². The van der Waals surface area contributed by atoms with Crippen LogP contribution in [0.5, 0.6) is 0 Å². The van der Waals surface area contributed by atoms with Crippen LogP contribution in [0, 0.1) is 11.3 Å². The predicted molar refractivity (Wildman–Crippen MR) is 104 cm³/mol. The number of fused-ring (bicyclic) bond motifs is 2. The maximum atomic E-state index is 6.00. The van der Waals surface area contributed by atoms with Crippen LogP contribution in [0.1, 0.15) is 45.9 Å². The summed E-state index contributed by atoms with van der Waals surface area (Å²) in [5, 5.41) is 8.31. The monoisotopic (exact) mass is 355 g/mol. The molecule has 5 nitrogen and oxygen atoms in total. The fourth-order valence-corrected chi connectivity index (χ4v) is 4.55. The molecule has 26 heavy (non-hydrogen) atoms. The summed E-state index contributed by atoms with van der Waals surface area (Å²) in [7, 11) is 0. The van der Waals surface area contributed by atoms with E-state index in [-0.39, 0.29) is 11.5 Å². The third-order valence-electron chi connectivity index (χ3n) is 5.93. The number of furan rings is 1. The number of rotatable bonds is 4. The first kappa shape index (κ1) is 17.4. The molecular formula is C21H29N3O2.